The van der Waals surface area contributed by atoms with Crippen molar-refractivity contribution in [1.29, 1.82) is 0 Å². The molecule has 4 aromatic carbocycles. The van der Waals surface area contributed by atoms with Gasteiger partial charge >= 0.3 is 0 Å². The summed E-state index contributed by atoms with van der Waals surface area (Å²) in [6.07, 6.45) is 6.98. The fraction of sp³-hybridized carbons (Fsp3) is 0. The van der Waals surface area contributed by atoms with Crippen LogP contribution in [0.25, 0.3) is 56.0 Å². The maximum Gasteiger partial charge on any atom is 0.159 e. The molecule has 2 heterocycles. The van der Waals surface area contributed by atoms with Crippen molar-refractivity contribution in [3.8, 4) is 56.0 Å². The maximum atomic E-state index is 4.98. The standard InChI is InChI=1S/C32H22N4/c1-3-8-23(9-4-1)27-17-28(24-10-5-2-6-11-24)19-29(18-27)31-14-15-35-32(36-31)26-13-7-12-25(16-26)30-20-33-22-34-21-30/h1-22H. The van der Waals surface area contributed by atoms with Gasteiger partial charge in [0, 0.05) is 35.3 Å². The molecule has 0 bridgehead atoms. The summed E-state index contributed by atoms with van der Waals surface area (Å²) in [6, 6.07) is 37.7. The third-order valence-electron chi connectivity index (χ3n) is 6.11. The molecule has 0 radical (unpaired) electrons. The third-order valence-corrected chi connectivity index (χ3v) is 6.11. The molecule has 2 aromatic heterocycles. The van der Waals surface area contributed by atoms with Crippen LogP contribution < -0.4 is 0 Å². The highest BCUT2D eigenvalue weighted by Gasteiger charge is 2.11. The van der Waals surface area contributed by atoms with Crippen LogP contribution in [0.4, 0.5) is 0 Å². The van der Waals surface area contributed by atoms with E-state index in [1.807, 2.05) is 55.0 Å². The SMILES string of the molecule is c1ccc(-c2cc(-c3ccccc3)cc(-c3ccnc(-c4cccc(-c5cncnc5)c4)n3)c2)cc1. The lowest BCUT2D eigenvalue weighted by molar-refractivity contribution is 1.17. The number of hydrogen-bond acceptors (Lipinski definition) is 4. The summed E-state index contributed by atoms with van der Waals surface area (Å²) >= 11 is 0. The average molecular weight is 463 g/mol. The van der Waals surface area contributed by atoms with Crippen LogP contribution in [-0.2, 0) is 0 Å². The molecule has 0 N–H and O–H groups in total. The van der Waals surface area contributed by atoms with Crippen LogP contribution in [0, 0.1) is 0 Å². The Bertz CT molecular complexity index is 1560. The van der Waals surface area contributed by atoms with E-state index in [2.05, 4.69) is 87.7 Å². The Labute approximate surface area is 210 Å². The minimum absolute atomic E-state index is 0.678. The lowest BCUT2D eigenvalue weighted by atomic mass is 9.95. The Kier molecular flexibility index (Phi) is 5.83. The molecule has 4 heteroatoms. The van der Waals surface area contributed by atoms with E-state index >= 15 is 0 Å². The fourth-order valence-corrected chi connectivity index (χ4v) is 4.31. The minimum Gasteiger partial charge on any atom is -0.244 e. The van der Waals surface area contributed by atoms with E-state index in [-0.39, 0.29) is 0 Å². The molecule has 36 heavy (non-hydrogen) atoms. The second-order valence-electron chi connectivity index (χ2n) is 8.50. The van der Waals surface area contributed by atoms with Gasteiger partial charge in [-0.15, -0.1) is 0 Å². The summed E-state index contributed by atoms with van der Waals surface area (Å²) in [5, 5.41) is 0. The van der Waals surface area contributed by atoms with E-state index in [1.54, 1.807) is 0 Å². The van der Waals surface area contributed by atoms with Crippen LogP contribution in [0.2, 0.25) is 0 Å². The normalized spacial score (nSPS) is 10.8. The molecule has 6 aromatic rings. The van der Waals surface area contributed by atoms with Crippen molar-refractivity contribution in [2.24, 2.45) is 0 Å². The number of hydrogen-bond donors (Lipinski definition) is 0. The van der Waals surface area contributed by atoms with Crippen molar-refractivity contribution < 1.29 is 0 Å². The van der Waals surface area contributed by atoms with E-state index in [9.17, 15) is 0 Å². The molecule has 0 saturated heterocycles. The van der Waals surface area contributed by atoms with Crippen LogP contribution in [0.5, 0.6) is 0 Å². The van der Waals surface area contributed by atoms with Gasteiger partial charge in [-0.2, -0.15) is 0 Å². The Morgan fingerprint density at radius 3 is 1.64 bits per heavy atom. The molecular formula is C32H22N4. The van der Waals surface area contributed by atoms with Gasteiger partial charge in [-0.1, -0.05) is 78.9 Å². The Morgan fingerprint density at radius 1 is 0.417 bits per heavy atom. The largest absolute Gasteiger partial charge is 0.244 e. The Morgan fingerprint density at radius 2 is 0.972 bits per heavy atom. The predicted octanol–water partition coefficient (Wildman–Crippen LogP) is 7.60. The van der Waals surface area contributed by atoms with Gasteiger partial charge in [0.15, 0.2) is 5.82 Å². The summed E-state index contributed by atoms with van der Waals surface area (Å²) in [6.45, 7) is 0. The van der Waals surface area contributed by atoms with Crippen molar-refractivity contribution in [1.82, 2.24) is 19.9 Å². The van der Waals surface area contributed by atoms with Crippen LogP contribution in [0.3, 0.4) is 0 Å². The number of benzene rings is 4. The highest BCUT2D eigenvalue weighted by molar-refractivity contribution is 5.80. The fourth-order valence-electron chi connectivity index (χ4n) is 4.31. The minimum atomic E-state index is 0.678. The van der Waals surface area contributed by atoms with Crippen molar-refractivity contribution in [3.05, 3.63) is 134 Å². The van der Waals surface area contributed by atoms with Gasteiger partial charge in [-0.25, -0.2) is 19.9 Å². The average Bonchev–Trinajstić information content (AvgIpc) is 2.98. The predicted molar refractivity (Wildman–Crippen MR) is 145 cm³/mol. The molecule has 0 spiro atoms. The molecule has 0 aliphatic rings. The third kappa shape index (κ3) is 4.52. The molecule has 0 saturated carbocycles. The molecule has 0 amide bonds. The Hall–Kier alpha value is -4.96. The molecule has 0 fully saturated rings. The molecule has 170 valence electrons. The van der Waals surface area contributed by atoms with Gasteiger partial charge in [0.1, 0.15) is 6.33 Å². The molecule has 0 atom stereocenters. The van der Waals surface area contributed by atoms with Crippen LogP contribution >= 0.6 is 0 Å². The highest BCUT2D eigenvalue weighted by atomic mass is 14.9. The van der Waals surface area contributed by atoms with E-state index in [1.165, 1.54) is 17.5 Å². The first-order chi connectivity index (χ1) is 17.8. The monoisotopic (exact) mass is 462 g/mol. The van der Waals surface area contributed by atoms with Crippen molar-refractivity contribution >= 4 is 0 Å². The van der Waals surface area contributed by atoms with E-state index in [0.29, 0.717) is 5.82 Å². The smallest absolute Gasteiger partial charge is 0.159 e. The van der Waals surface area contributed by atoms with Crippen molar-refractivity contribution in [2.45, 2.75) is 0 Å². The number of nitrogens with zero attached hydrogens (tertiary/aromatic N) is 4. The zero-order valence-corrected chi connectivity index (χ0v) is 19.5. The second kappa shape index (κ2) is 9.72. The van der Waals surface area contributed by atoms with Gasteiger partial charge in [0.2, 0.25) is 0 Å². The lowest BCUT2D eigenvalue weighted by Gasteiger charge is -2.12. The first-order valence-corrected chi connectivity index (χ1v) is 11.8. The second-order valence-corrected chi connectivity index (χ2v) is 8.50. The molecule has 0 unspecified atom stereocenters. The van der Waals surface area contributed by atoms with Crippen LogP contribution in [0.1, 0.15) is 0 Å². The van der Waals surface area contributed by atoms with Gasteiger partial charge in [-0.3, -0.25) is 0 Å². The molecular weight excluding hydrogens is 440 g/mol. The van der Waals surface area contributed by atoms with Crippen molar-refractivity contribution in [3.63, 3.8) is 0 Å². The molecule has 0 aliphatic carbocycles. The molecule has 6 rings (SSSR count). The summed E-state index contributed by atoms with van der Waals surface area (Å²) in [5.41, 5.74) is 9.50. The van der Waals surface area contributed by atoms with Crippen LogP contribution in [-0.4, -0.2) is 19.9 Å². The van der Waals surface area contributed by atoms with E-state index < -0.39 is 0 Å². The van der Waals surface area contributed by atoms with Crippen LogP contribution in [0.15, 0.2) is 134 Å². The zero-order valence-electron chi connectivity index (χ0n) is 19.5. The molecule has 0 aliphatic heterocycles. The summed E-state index contributed by atoms with van der Waals surface area (Å²) < 4.78 is 0. The first-order valence-electron chi connectivity index (χ1n) is 11.8. The summed E-state index contributed by atoms with van der Waals surface area (Å²) in [5.74, 6) is 0.678. The van der Waals surface area contributed by atoms with Crippen molar-refractivity contribution in [2.75, 3.05) is 0 Å². The summed E-state index contributed by atoms with van der Waals surface area (Å²) in [7, 11) is 0. The lowest BCUT2D eigenvalue weighted by Crippen LogP contribution is -1.93. The quantitative estimate of drug-likeness (QED) is 0.265. The topological polar surface area (TPSA) is 51.6 Å². The summed E-state index contributed by atoms with van der Waals surface area (Å²) in [4.78, 5) is 17.8. The number of aromatic nitrogens is 4. The van der Waals surface area contributed by atoms with E-state index in [4.69, 9.17) is 4.98 Å². The highest BCUT2D eigenvalue weighted by Crippen LogP contribution is 2.33. The number of rotatable bonds is 5. The first kappa shape index (κ1) is 21.6. The van der Waals surface area contributed by atoms with E-state index in [0.717, 1.165) is 39.1 Å². The van der Waals surface area contributed by atoms with Gasteiger partial charge in [0.25, 0.3) is 0 Å². The zero-order chi connectivity index (χ0) is 24.2. The maximum absolute atomic E-state index is 4.98. The van der Waals surface area contributed by atoms with Gasteiger partial charge < -0.3 is 0 Å². The molecule has 4 nitrogen and oxygen atoms in total. The van der Waals surface area contributed by atoms with Gasteiger partial charge in [-0.05, 0) is 58.1 Å². The Balaban J connectivity index is 1.45. The van der Waals surface area contributed by atoms with Gasteiger partial charge in [0.05, 0.1) is 5.69 Å².